The number of hydrogen-bond donors (Lipinski definition) is 1. The van der Waals surface area contributed by atoms with Gasteiger partial charge in [0, 0.05) is 18.7 Å². The van der Waals surface area contributed by atoms with Crippen molar-refractivity contribution >= 4 is 29.3 Å². The quantitative estimate of drug-likeness (QED) is 0.709. The number of anilines is 2. The third-order valence-corrected chi connectivity index (χ3v) is 4.84. The van der Waals surface area contributed by atoms with Crippen LogP contribution in [0.2, 0.25) is 5.02 Å². The van der Waals surface area contributed by atoms with E-state index in [-0.39, 0.29) is 17.6 Å². The molecule has 8 nitrogen and oxygen atoms in total. The van der Waals surface area contributed by atoms with Crippen LogP contribution in [0.15, 0.2) is 35.1 Å². The van der Waals surface area contributed by atoms with Crippen molar-refractivity contribution < 1.29 is 13.6 Å². The first-order valence-corrected chi connectivity index (χ1v) is 9.33. The molecule has 0 aliphatic carbocycles. The number of amides is 2. The molecule has 0 radical (unpaired) electrons. The van der Waals surface area contributed by atoms with E-state index in [0.717, 1.165) is 38.1 Å². The Morgan fingerprint density at radius 1 is 1.32 bits per heavy atom. The van der Waals surface area contributed by atoms with Gasteiger partial charge < -0.3 is 14.3 Å². The van der Waals surface area contributed by atoms with Crippen molar-refractivity contribution in [2.45, 2.75) is 38.8 Å². The standard InChI is InChI=1S/C18H18ClFN6O2/c19-13-10-12(5-6-14(13)20)22-17(27)26(18-21-7-9-28-18)11-16-24-23-15-4-2-1-3-8-25(15)16/h5-7,9-10H,1-4,8,11H2,(H,22,27). The summed E-state index contributed by atoms with van der Waals surface area (Å²) in [7, 11) is 0. The average Bonchev–Trinajstić information content (AvgIpc) is 3.27. The molecular weight excluding hydrogens is 387 g/mol. The predicted octanol–water partition coefficient (Wildman–Crippen LogP) is 4.02. The van der Waals surface area contributed by atoms with Gasteiger partial charge in [0.25, 0.3) is 0 Å². The number of benzene rings is 1. The number of halogens is 2. The van der Waals surface area contributed by atoms with Crippen molar-refractivity contribution in [1.82, 2.24) is 19.7 Å². The number of urea groups is 1. The molecule has 1 aliphatic rings. The first kappa shape index (κ1) is 18.4. The van der Waals surface area contributed by atoms with Gasteiger partial charge >= 0.3 is 12.0 Å². The molecule has 2 aromatic heterocycles. The molecule has 0 spiro atoms. The fourth-order valence-electron chi connectivity index (χ4n) is 3.14. The van der Waals surface area contributed by atoms with Crippen LogP contribution in [0.5, 0.6) is 0 Å². The molecule has 4 rings (SSSR count). The van der Waals surface area contributed by atoms with Crippen LogP contribution in [0.4, 0.5) is 20.9 Å². The largest absolute Gasteiger partial charge is 0.432 e. The maximum Gasteiger partial charge on any atom is 0.330 e. The molecule has 0 atom stereocenters. The van der Waals surface area contributed by atoms with Gasteiger partial charge in [0.2, 0.25) is 0 Å². The first-order valence-electron chi connectivity index (χ1n) is 8.96. The molecule has 1 aromatic carbocycles. The second-order valence-electron chi connectivity index (χ2n) is 6.45. The van der Waals surface area contributed by atoms with Gasteiger partial charge in [-0.15, -0.1) is 10.2 Å². The highest BCUT2D eigenvalue weighted by Gasteiger charge is 2.24. The number of nitrogens with one attached hydrogen (secondary N) is 1. The van der Waals surface area contributed by atoms with E-state index in [2.05, 4.69) is 20.5 Å². The zero-order valence-electron chi connectivity index (χ0n) is 14.9. The van der Waals surface area contributed by atoms with E-state index in [4.69, 9.17) is 16.0 Å². The van der Waals surface area contributed by atoms with E-state index in [0.29, 0.717) is 11.5 Å². The zero-order chi connectivity index (χ0) is 19.5. The number of aromatic nitrogens is 4. The number of fused-ring (bicyclic) bond motifs is 1. The van der Waals surface area contributed by atoms with Crippen LogP contribution in [0.1, 0.15) is 30.9 Å². The Kier molecular flexibility index (Phi) is 5.25. The number of carbonyl (C=O) groups excluding carboxylic acids is 1. The highest BCUT2D eigenvalue weighted by Crippen LogP contribution is 2.22. The van der Waals surface area contributed by atoms with Crippen molar-refractivity contribution in [2.75, 3.05) is 10.2 Å². The third kappa shape index (κ3) is 3.84. The number of rotatable bonds is 4. The molecule has 2 amide bonds. The van der Waals surface area contributed by atoms with Crippen LogP contribution < -0.4 is 10.2 Å². The second-order valence-corrected chi connectivity index (χ2v) is 6.86. The average molecular weight is 405 g/mol. The van der Waals surface area contributed by atoms with Crippen molar-refractivity contribution in [3.8, 4) is 0 Å². The molecule has 146 valence electrons. The maximum atomic E-state index is 13.4. The van der Waals surface area contributed by atoms with Crippen molar-refractivity contribution in [2.24, 2.45) is 0 Å². The normalized spacial score (nSPS) is 13.6. The van der Waals surface area contributed by atoms with Crippen molar-refractivity contribution in [3.05, 3.63) is 53.1 Å². The monoisotopic (exact) mass is 404 g/mol. The highest BCUT2D eigenvalue weighted by molar-refractivity contribution is 6.31. The summed E-state index contributed by atoms with van der Waals surface area (Å²) in [5.74, 6) is 1.02. The van der Waals surface area contributed by atoms with Crippen LogP contribution in [0.3, 0.4) is 0 Å². The van der Waals surface area contributed by atoms with E-state index >= 15 is 0 Å². The second kappa shape index (κ2) is 7.97. The Morgan fingerprint density at radius 3 is 3.00 bits per heavy atom. The molecule has 0 saturated carbocycles. The summed E-state index contributed by atoms with van der Waals surface area (Å²) in [6, 6.07) is 3.57. The van der Waals surface area contributed by atoms with Gasteiger partial charge in [-0.2, -0.15) is 0 Å². The fourth-order valence-corrected chi connectivity index (χ4v) is 3.32. The summed E-state index contributed by atoms with van der Waals surface area (Å²) >= 11 is 5.79. The Bertz CT molecular complexity index is 975. The molecule has 1 aliphatic heterocycles. The first-order chi connectivity index (χ1) is 13.6. The Hall–Kier alpha value is -2.94. The van der Waals surface area contributed by atoms with E-state index < -0.39 is 11.8 Å². The fraction of sp³-hybridized carbons (Fsp3) is 0.333. The third-order valence-electron chi connectivity index (χ3n) is 4.55. The van der Waals surface area contributed by atoms with Crippen LogP contribution in [-0.4, -0.2) is 25.8 Å². The molecule has 3 aromatic rings. The smallest absolute Gasteiger partial charge is 0.330 e. The molecule has 0 saturated heterocycles. The summed E-state index contributed by atoms with van der Waals surface area (Å²) < 4.78 is 20.7. The van der Waals surface area contributed by atoms with E-state index in [9.17, 15) is 9.18 Å². The number of nitrogens with zero attached hydrogens (tertiary/aromatic N) is 5. The molecular formula is C18H18ClFN6O2. The van der Waals surface area contributed by atoms with Gasteiger partial charge in [-0.3, -0.25) is 0 Å². The van der Waals surface area contributed by atoms with Crippen LogP contribution in [0.25, 0.3) is 0 Å². The molecule has 0 bridgehead atoms. The summed E-state index contributed by atoms with van der Waals surface area (Å²) in [5, 5.41) is 11.1. The van der Waals surface area contributed by atoms with Gasteiger partial charge in [-0.1, -0.05) is 18.0 Å². The summed E-state index contributed by atoms with van der Waals surface area (Å²) in [5.41, 5.74) is 0.355. The number of aryl methyl sites for hydroxylation is 1. The molecule has 1 N–H and O–H groups in total. The number of hydrogen-bond acceptors (Lipinski definition) is 5. The minimum Gasteiger partial charge on any atom is -0.432 e. The van der Waals surface area contributed by atoms with E-state index in [1.54, 1.807) is 0 Å². The summed E-state index contributed by atoms with van der Waals surface area (Å²) in [4.78, 5) is 18.3. The highest BCUT2D eigenvalue weighted by atomic mass is 35.5. The lowest BCUT2D eigenvalue weighted by Crippen LogP contribution is -2.35. The number of carbonyl (C=O) groups is 1. The van der Waals surface area contributed by atoms with Gasteiger partial charge in [-0.25, -0.2) is 19.1 Å². The Balaban J connectivity index is 1.58. The Morgan fingerprint density at radius 2 is 2.21 bits per heavy atom. The van der Waals surface area contributed by atoms with E-state index in [1.807, 2.05) is 4.57 Å². The topological polar surface area (TPSA) is 89.1 Å². The minimum atomic E-state index is -0.560. The SMILES string of the molecule is O=C(Nc1ccc(F)c(Cl)c1)N(Cc1nnc2n1CCCCC2)c1ncco1. The minimum absolute atomic E-state index is 0.0803. The van der Waals surface area contributed by atoms with Gasteiger partial charge in [-0.05, 0) is 31.0 Å². The molecule has 3 heterocycles. The summed E-state index contributed by atoms with van der Waals surface area (Å²) in [6.07, 6.45) is 6.96. The molecule has 10 heteroatoms. The molecule has 0 unspecified atom stereocenters. The molecule has 28 heavy (non-hydrogen) atoms. The maximum absolute atomic E-state index is 13.4. The van der Waals surface area contributed by atoms with Crippen LogP contribution >= 0.6 is 11.6 Å². The van der Waals surface area contributed by atoms with Gasteiger partial charge in [0.1, 0.15) is 17.9 Å². The van der Waals surface area contributed by atoms with Crippen LogP contribution in [-0.2, 0) is 19.5 Å². The van der Waals surface area contributed by atoms with Gasteiger partial charge in [0.05, 0.1) is 17.8 Å². The molecule has 0 fully saturated rings. The van der Waals surface area contributed by atoms with Crippen LogP contribution in [0, 0.1) is 5.82 Å². The van der Waals surface area contributed by atoms with E-state index in [1.165, 1.54) is 35.6 Å². The summed E-state index contributed by atoms with van der Waals surface area (Å²) in [6.45, 7) is 0.945. The lowest BCUT2D eigenvalue weighted by atomic mass is 10.2. The lowest BCUT2D eigenvalue weighted by molar-refractivity contribution is 0.255. The van der Waals surface area contributed by atoms with Gasteiger partial charge in [0.15, 0.2) is 5.82 Å². The lowest BCUT2D eigenvalue weighted by Gasteiger charge is -2.19. The van der Waals surface area contributed by atoms with Crippen molar-refractivity contribution in [3.63, 3.8) is 0 Å². The Labute approximate surface area is 165 Å². The van der Waals surface area contributed by atoms with Crippen molar-refractivity contribution in [1.29, 1.82) is 0 Å². The predicted molar refractivity (Wildman–Crippen MR) is 101 cm³/mol. The number of oxazole rings is 1. The zero-order valence-corrected chi connectivity index (χ0v) is 15.7.